The first-order valence-electron chi connectivity index (χ1n) is 15.6. The van der Waals surface area contributed by atoms with Crippen LogP contribution in [-0.2, 0) is 16.0 Å². The summed E-state index contributed by atoms with van der Waals surface area (Å²) in [7, 11) is 0. The summed E-state index contributed by atoms with van der Waals surface area (Å²) in [5.74, 6) is -0.895. The molecule has 45 heavy (non-hydrogen) atoms. The van der Waals surface area contributed by atoms with Crippen LogP contribution < -0.4 is 0 Å². The molecule has 0 amide bonds. The van der Waals surface area contributed by atoms with Crippen LogP contribution in [0.4, 0.5) is 4.39 Å². The van der Waals surface area contributed by atoms with Gasteiger partial charge in [-0.2, -0.15) is 10.4 Å². The molecule has 2 aromatic heterocycles. The molecular formula is C35H36FN3O5S. The van der Waals surface area contributed by atoms with E-state index in [0.717, 1.165) is 41.5 Å². The van der Waals surface area contributed by atoms with Crippen molar-refractivity contribution in [3.05, 3.63) is 76.8 Å². The Kier molecular flexibility index (Phi) is 7.13. The zero-order chi connectivity index (χ0) is 31.7. The Balaban J connectivity index is 1.23. The Morgan fingerprint density at radius 2 is 2.02 bits per heavy atom. The van der Waals surface area contributed by atoms with Gasteiger partial charge in [0.1, 0.15) is 5.82 Å². The number of nitriles is 1. The fraction of sp³-hybridized carbons (Fsp3) is 0.486. The summed E-state index contributed by atoms with van der Waals surface area (Å²) in [6.45, 7) is 5.99. The number of fused-ring (bicyclic) bond motifs is 6. The van der Waals surface area contributed by atoms with Crippen LogP contribution in [0.2, 0.25) is 0 Å². The zero-order valence-electron chi connectivity index (χ0n) is 25.6. The molecule has 8 nitrogen and oxygen atoms in total. The highest BCUT2D eigenvalue weighted by atomic mass is 32.2. The smallest absolute Gasteiger partial charge is 0.375 e. The molecule has 0 bridgehead atoms. The third kappa shape index (κ3) is 4.38. The molecule has 1 aromatic carbocycles. The van der Waals surface area contributed by atoms with Crippen molar-refractivity contribution in [3.63, 3.8) is 0 Å². The Hall–Kier alpha value is -3.68. The van der Waals surface area contributed by atoms with Crippen molar-refractivity contribution in [2.75, 3.05) is 5.75 Å². The number of hydrogen-bond donors (Lipinski definition) is 1. The molecule has 1 N–H and O–H groups in total. The molecule has 7 atom stereocenters. The van der Waals surface area contributed by atoms with Gasteiger partial charge < -0.3 is 14.3 Å². The van der Waals surface area contributed by atoms with Gasteiger partial charge in [-0.25, -0.2) is 13.9 Å². The summed E-state index contributed by atoms with van der Waals surface area (Å²) in [5.41, 5.74) is 2.12. The number of rotatable bonds is 5. The van der Waals surface area contributed by atoms with Gasteiger partial charge in [-0.3, -0.25) is 4.79 Å². The first-order valence-corrected chi connectivity index (χ1v) is 16.5. The molecule has 7 rings (SSSR count). The molecule has 10 heteroatoms. The lowest BCUT2D eigenvalue weighted by atomic mass is 9.45. The van der Waals surface area contributed by atoms with Crippen LogP contribution in [0.5, 0.6) is 0 Å². The van der Waals surface area contributed by atoms with Gasteiger partial charge in [-0.15, -0.1) is 0 Å². The van der Waals surface area contributed by atoms with Crippen molar-refractivity contribution in [1.82, 2.24) is 9.78 Å². The van der Waals surface area contributed by atoms with E-state index in [1.807, 2.05) is 23.9 Å². The normalized spacial score (nSPS) is 33.2. The molecule has 2 heterocycles. The average molecular weight is 630 g/mol. The number of aromatic nitrogens is 2. The fourth-order valence-electron chi connectivity index (χ4n) is 9.51. The minimum absolute atomic E-state index is 0.0322. The molecule has 234 valence electrons. The van der Waals surface area contributed by atoms with E-state index in [9.17, 15) is 24.3 Å². The maximum absolute atomic E-state index is 14.0. The van der Waals surface area contributed by atoms with E-state index in [0.29, 0.717) is 31.2 Å². The summed E-state index contributed by atoms with van der Waals surface area (Å²) in [6, 6.07) is 10.0. The van der Waals surface area contributed by atoms with Gasteiger partial charge in [-0.1, -0.05) is 31.2 Å². The van der Waals surface area contributed by atoms with Crippen LogP contribution in [0, 0.1) is 52.7 Å². The van der Waals surface area contributed by atoms with Crippen LogP contribution >= 0.6 is 11.8 Å². The Labute approximate surface area is 265 Å². The molecule has 0 spiro atoms. The monoisotopic (exact) mass is 629 g/mol. The number of esters is 1. The molecular weight excluding hydrogens is 593 g/mol. The van der Waals surface area contributed by atoms with Gasteiger partial charge in [0.2, 0.25) is 10.9 Å². The van der Waals surface area contributed by atoms with Gasteiger partial charge in [0.25, 0.3) is 0 Å². The number of carbonyl (C=O) groups excluding carboxylic acids is 2. The Morgan fingerprint density at radius 3 is 2.73 bits per heavy atom. The molecule has 3 fully saturated rings. The number of ether oxygens (including phenoxy) is 1. The van der Waals surface area contributed by atoms with Gasteiger partial charge in [0.15, 0.2) is 5.60 Å². The minimum atomic E-state index is -1.49. The van der Waals surface area contributed by atoms with Gasteiger partial charge in [0, 0.05) is 11.0 Å². The number of thioether (sulfide) groups is 1. The molecule has 4 aliphatic rings. The number of halogens is 1. The lowest BCUT2D eigenvalue weighted by Crippen LogP contribution is -2.62. The van der Waals surface area contributed by atoms with E-state index in [1.165, 1.54) is 24.0 Å². The molecule has 0 aliphatic heterocycles. The number of hydrogen-bond acceptors (Lipinski definition) is 8. The molecule has 0 radical (unpaired) electrons. The van der Waals surface area contributed by atoms with E-state index >= 15 is 0 Å². The standard InChI is InChI=1S/C35H36FN3O5S/c1-20-11-14-43-30(20)31(41)44-35(32(42)45-15-13-37)12-10-26-25-9-4-22-16-27-21(19-38-39(27)24-7-5-23(36)6-8-24)17-33(22,2)29(25)28(40)18-34(26,35)3/h5-8,11,14,16,19,25-26,28-29,40H,4,9-10,12,15,17-18H2,1-3H3/t25-,26-,28-,29+,33-,34-,35-/m0/s1. The average Bonchev–Trinajstić information content (AvgIpc) is 3.70. The predicted molar refractivity (Wildman–Crippen MR) is 166 cm³/mol. The lowest BCUT2D eigenvalue weighted by molar-refractivity contribution is -0.175. The third-order valence-electron chi connectivity index (χ3n) is 11.5. The summed E-state index contributed by atoms with van der Waals surface area (Å²) in [6.07, 6.45) is 8.46. The quantitative estimate of drug-likeness (QED) is 0.320. The fourth-order valence-corrected chi connectivity index (χ4v) is 10.3. The molecule has 0 saturated heterocycles. The van der Waals surface area contributed by atoms with E-state index < -0.39 is 23.1 Å². The first-order chi connectivity index (χ1) is 21.5. The van der Waals surface area contributed by atoms with E-state index in [1.54, 1.807) is 25.1 Å². The summed E-state index contributed by atoms with van der Waals surface area (Å²) >= 11 is 0.883. The molecule has 4 aliphatic carbocycles. The Bertz CT molecular complexity index is 1760. The third-order valence-corrected chi connectivity index (χ3v) is 12.4. The number of aliphatic hydroxyl groups excluding tert-OH is 1. The van der Waals surface area contributed by atoms with E-state index in [2.05, 4.69) is 18.1 Å². The van der Waals surface area contributed by atoms with Gasteiger partial charge in [0.05, 0.1) is 41.8 Å². The molecule has 3 aromatic rings. The highest BCUT2D eigenvalue weighted by Crippen LogP contribution is 2.69. The SMILES string of the molecule is Cc1ccoc1C(=O)O[C@]1(C(=O)SCC#N)CC[C@H]2[C@@H]3CCC4=Cc5c(cnn5-c5ccc(F)cc5)C[C@]4(C)[C@H]3[C@@H](O)C[C@@]21C. The molecule has 3 saturated carbocycles. The second-order valence-electron chi connectivity index (χ2n) is 13.7. The van der Waals surface area contributed by atoms with Crippen molar-refractivity contribution in [1.29, 1.82) is 5.26 Å². The number of allylic oxidation sites excluding steroid dienone is 1. The topological polar surface area (TPSA) is 118 Å². The second-order valence-corrected chi connectivity index (χ2v) is 14.6. The van der Waals surface area contributed by atoms with Crippen molar-refractivity contribution in [3.8, 4) is 11.8 Å². The van der Waals surface area contributed by atoms with E-state index in [4.69, 9.17) is 9.15 Å². The van der Waals surface area contributed by atoms with Crippen LogP contribution in [0.15, 0.2) is 52.8 Å². The number of nitrogens with zero attached hydrogens (tertiary/aromatic N) is 3. The van der Waals surface area contributed by atoms with Crippen LogP contribution in [0.25, 0.3) is 11.8 Å². The summed E-state index contributed by atoms with van der Waals surface area (Å²) < 4.78 is 27.1. The summed E-state index contributed by atoms with van der Waals surface area (Å²) in [4.78, 5) is 27.5. The van der Waals surface area contributed by atoms with Gasteiger partial charge in [-0.05, 0) is 111 Å². The highest BCUT2D eigenvalue weighted by molar-refractivity contribution is 8.14. The van der Waals surface area contributed by atoms with Gasteiger partial charge >= 0.3 is 5.97 Å². The number of carbonyl (C=O) groups is 2. The maximum Gasteiger partial charge on any atom is 0.375 e. The minimum Gasteiger partial charge on any atom is -0.457 e. The van der Waals surface area contributed by atoms with E-state index in [-0.39, 0.29) is 45.6 Å². The molecule has 0 unspecified atom stereocenters. The highest BCUT2D eigenvalue weighted by Gasteiger charge is 2.71. The first kappa shape index (κ1) is 30.0. The van der Waals surface area contributed by atoms with Crippen LogP contribution in [0.3, 0.4) is 0 Å². The maximum atomic E-state index is 14.0. The van der Waals surface area contributed by atoms with Crippen molar-refractivity contribution in [2.24, 2.45) is 28.6 Å². The number of aliphatic hydroxyl groups is 1. The number of benzene rings is 1. The zero-order valence-corrected chi connectivity index (χ0v) is 26.4. The van der Waals surface area contributed by atoms with Crippen molar-refractivity contribution in [2.45, 2.75) is 71.0 Å². The summed E-state index contributed by atoms with van der Waals surface area (Å²) in [5, 5.41) is 25.7. The van der Waals surface area contributed by atoms with Crippen molar-refractivity contribution < 1.29 is 28.2 Å². The van der Waals surface area contributed by atoms with Crippen LogP contribution in [-0.4, -0.2) is 43.4 Å². The lowest BCUT2D eigenvalue weighted by Gasteiger charge is -2.60. The van der Waals surface area contributed by atoms with Crippen LogP contribution in [0.1, 0.15) is 73.3 Å². The number of furan rings is 1. The largest absolute Gasteiger partial charge is 0.457 e. The Morgan fingerprint density at radius 1 is 1.24 bits per heavy atom. The number of aryl methyl sites for hydroxylation is 1. The second kappa shape index (κ2) is 10.7. The predicted octanol–water partition coefficient (Wildman–Crippen LogP) is 6.44. The van der Waals surface area contributed by atoms with Crippen molar-refractivity contribution >= 4 is 28.9 Å².